The van der Waals surface area contributed by atoms with Crippen molar-refractivity contribution in [2.24, 2.45) is 11.3 Å². The molecule has 0 atom stereocenters. The molecule has 1 heteroatoms. The van der Waals surface area contributed by atoms with E-state index in [9.17, 15) is 0 Å². The molecule has 1 aliphatic carbocycles. The molecule has 0 aromatic heterocycles. The van der Waals surface area contributed by atoms with E-state index in [4.69, 9.17) is 0 Å². The fourth-order valence-corrected chi connectivity index (χ4v) is 2.48. The van der Waals surface area contributed by atoms with E-state index in [-0.39, 0.29) is 0 Å². The molecule has 1 N–H and O–H groups in total. The normalized spacial score (nSPS) is 21.7. The van der Waals surface area contributed by atoms with Crippen molar-refractivity contribution in [3.8, 4) is 0 Å². The molecule has 1 rings (SSSR count). The van der Waals surface area contributed by atoms with E-state index in [1.807, 2.05) is 0 Å². The lowest BCUT2D eigenvalue weighted by Crippen LogP contribution is -2.26. The predicted octanol–water partition coefficient (Wildman–Crippen LogP) is 4.10. The number of nitrogens with one attached hydrogen (secondary N) is 1. The SMILES string of the molecule is C=C(CC1CCC(C)(C)CC1)NC(C)C. The van der Waals surface area contributed by atoms with Gasteiger partial charge in [-0.25, -0.2) is 0 Å². The monoisotopic (exact) mass is 209 g/mol. The summed E-state index contributed by atoms with van der Waals surface area (Å²) in [5.74, 6) is 0.872. The topological polar surface area (TPSA) is 12.0 Å². The Kier molecular flexibility index (Phi) is 4.24. The highest BCUT2D eigenvalue weighted by atomic mass is 14.9. The molecule has 1 saturated carbocycles. The van der Waals surface area contributed by atoms with Crippen LogP contribution in [0.25, 0.3) is 0 Å². The van der Waals surface area contributed by atoms with Gasteiger partial charge in [-0.1, -0.05) is 20.4 Å². The van der Waals surface area contributed by atoms with Crippen LogP contribution in [0, 0.1) is 11.3 Å². The second-order valence-corrected chi connectivity index (χ2v) is 6.21. The van der Waals surface area contributed by atoms with E-state index in [1.54, 1.807) is 0 Å². The molecule has 0 saturated heterocycles. The summed E-state index contributed by atoms with van der Waals surface area (Å²) in [6, 6.07) is 0.525. The molecule has 15 heavy (non-hydrogen) atoms. The third kappa shape index (κ3) is 4.72. The number of rotatable bonds is 4. The van der Waals surface area contributed by atoms with Crippen LogP contribution >= 0.6 is 0 Å². The first kappa shape index (κ1) is 12.6. The van der Waals surface area contributed by atoms with Gasteiger partial charge in [0.25, 0.3) is 0 Å². The van der Waals surface area contributed by atoms with Gasteiger partial charge < -0.3 is 5.32 Å². The number of allylic oxidation sites excluding steroid dienone is 1. The van der Waals surface area contributed by atoms with Crippen molar-refractivity contribution >= 4 is 0 Å². The molecule has 1 fully saturated rings. The zero-order valence-electron chi connectivity index (χ0n) is 10.9. The minimum Gasteiger partial charge on any atom is -0.387 e. The van der Waals surface area contributed by atoms with E-state index in [0.29, 0.717) is 11.5 Å². The molecular formula is C14H27N. The van der Waals surface area contributed by atoms with Crippen LogP contribution in [0.4, 0.5) is 0 Å². The van der Waals surface area contributed by atoms with Gasteiger partial charge in [0.15, 0.2) is 0 Å². The third-order valence-corrected chi connectivity index (χ3v) is 3.49. The Morgan fingerprint density at radius 1 is 1.33 bits per heavy atom. The summed E-state index contributed by atoms with van der Waals surface area (Å²) in [6.45, 7) is 13.3. The molecule has 0 amide bonds. The minimum atomic E-state index is 0.525. The van der Waals surface area contributed by atoms with Crippen LogP contribution in [0.1, 0.15) is 59.8 Å². The van der Waals surface area contributed by atoms with Crippen molar-refractivity contribution in [1.29, 1.82) is 0 Å². The van der Waals surface area contributed by atoms with Crippen molar-refractivity contribution in [2.75, 3.05) is 0 Å². The first-order chi connectivity index (χ1) is 6.89. The highest BCUT2D eigenvalue weighted by Crippen LogP contribution is 2.39. The van der Waals surface area contributed by atoms with Crippen LogP contribution in [-0.4, -0.2) is 6.04 Å². The summed E-state index contributed by atoms with van der Waals surface area (Å²) in [6.07, 6.45) is 6.70. The van der Waals surface area contributed by atoms with Crippen LogP contribution in [0.3, 0.4) is 0 Å². The summed E-state index contributed by atoms with van der Waals surface area (Å²) in [5.41, 5.74) is 1.82. The van der Waals surface area contributed by atoms with Gasteiger partial charge in [0.2, 0.25) is 0 Å². The fraction of sp³-hybridized carbons (Fsp3) is 0.857. The van der Waals surface area contributed by atoms with Gasteiger partial charge in [0.1, 0.15) is 0 Å². The lowest BCUT2D eigenvalue weighted by atomic mass is 9.72. The molecule has 88 valence electrons. The molecule has 0 bridgehead atoms. The lowest BCUT2D eigenvalue weighted by molar-refractivity contribution is 0.189. The van der Waals surface area contributed by atoms with Gasteiger partial charge in [-0.3, -0.25) is 0 Å². The third-order valence-electron chi connectivity index (χ3n) is 3.49. The standard InChI is InChI=1S/C14H27N/c1-11(2)15-12(3)10-13-6-8-14(4,5)9-7-13/h11,13,15H,3,6-10H2,1-2,4-5H3. The maximum atomic E-state index is 4.11. The molecule has 0 aromatic rings. The van der Waals surface area contributed by atoms with Gasteiger partial charge >= 0.3 is 0 Å². The summed E-state index contributed by atoms with van der Waals surface area (Å²) in [4.78, 5) is 0. The van der Waals surface area contributed by atoms with Crippen molar-refractivity contribution < 1.29 is 0 Å². The van der Waals surface area contributed by atoms with Crippen molar-refractivity contribution in [2.45, 2.75) is 65.8 Å². The number of hydrogen-bond donors (Lipinski definition) is 1. The van der Waals surface area contributed by atoms with Gasteiger partial charge in [0.05, 0.1) is 0 Å². The Hall–Kier alpha value is -0.460. The average Bonchev–Trinajstić information content (AvgIpc) is 2.07. The van der Waals surface area contributed by atoms with Gasteiger partial charge in [-0.2, -0.15) is 0 Å². The Morgan fingerprint density at radius 3 is 2.33 bits per heavy atom. The minimum absolute atomic E-state index is 0.525. The van der Waals surface area contributed by atoms with Crippen LogP contribution < -0.4 is 5.32 Å². The first-order valence-electron chi connectivity index (χ1n) is 6.33. The molecule has 0 aromatic carbocycles. The molecule has 0 spiro atoms. The van der Waals surface area contributed by atoms with Gasteiger partial charge in [0, 0.05) is 11.7 Å². The zero-order valence-corrected chi connectivity index (χ0v) is 10.9. The maximum Gasteiger partial charge on any atom is 0.0201 e. The maximum absolute atomic E-state index is 4.11. The molecular weight excluding hydrogens is 182 g/mol. The smallest absolute Gasteiger partial charge is 0.0201 e. The average molecular weight is 209 g/mol. The van der Waals surface area contributed by atoms with Crippen molar-refractivity contribution in [1.82, 2.24) is 5.32 Å². The Balaban J connectivity index is 2.27. The summed E-state index contributed by atoms with van der Waals surface area (Å²) in [7, 11) is 0. The molecule has 0 unspecified atom stereocenters. The highest BCUT2D eigenvalue weighted by Gasteiger charge is 2.26. The molecule has 0 aliphatic heterocycles. The fourth-order valence-electron chi connectivity index (χ4n) is 2.48. The van der Waals surface area contributed by atoms with Gasteiger partial charge in [-0.05, 0) is 57.3 Å². The van der Waals surface area contributed by atoms with Crippen molar-refractivity contribution in [3.63, 3.8) is 0 Å². The van der Waals surface area contributed by atoms with E-state index in [2.05, 4.69) is 39.6 Å². The summed E-state index contributed by atoms with van der Waals surface area (Å²) < 4.78 is 0. The van der Waals surface area contributed by atoms with Crippen LogP contribution in [0.2, 0.25) is 0 Å². The molecule has 0 radical (unpaired) electrons. The highest BCUT2D eigenvalue weighted by molar-refractivity contribution is 4.95. The Morgan fingerprint density at radius 2 is 1.87 bits per heavy atom. The first-order valence-corrected chi connectivity index (χ1v) is 6.33. The quantitative estimate of drug-likeness (QED) is 0.735. The summed E-state index contributed by atoms with van der Waals surface area (Å²) >= 11 is 0. The molecule has 1 nitrogen and oxygen atoms in total. The number of hydrogen-bond acceptors (Lipinski definition) is 1. The van der Waals surface area contributed by atoms with E-state index in [1.165, 1.54) is 37.8 Å². The second kappa shape index (κ2) is 5.05. The second-order valence-electron chi connectivity index (χ2n) is 6.21. The zero-order chi connectivity index (χ0) is 11.5. The summed E-state index contributed by atoms with van der Waals surface area (Å²) in [5, 5.41) is 3.42. The van der Waals surface area contributed by atoms with Crippen LogP contribution in [-0.2, 0) is 0 Å². The largest absolute Gasteiger partial charge is 0.387 e. The molecule has 1 aliphatic rings. The van der Waals surface area contributed by atoms with Crippen molar-refractivity contribution in [3.05, 3.63) is 12.3 Å². The van der Waals surface area contributed by atoms with E-state index >= 15 is 0 Å². The van der Waals surface area contributed by atoms with E-state index in [0.717, 1.165) is 5.92 Å². The molecule has 0 heterocycles. The lowest BCUT2D eigenvalue weighted by Gasteiger charge is -2.34. The van der Waals surface area contributed by atoms with Crippen LogP contribution in [0.15, 0.2) is 12.3 Å². The van der Waals surface area contributed by atoms with Gasteiger partial charge in [-0.15, -0.1) is 0 Å². The Bertz CT molecular complexity index is 205. The van der Waals surface area contributed by atoms with Crippen LogP contribution in [0.5, 0.6) is 0 Å². The predicted molar refractivity (Wildman–Crippen MR) is 67.8 cm³/mol. The Labute approximate surface area is 95.3 Å². The van der Waals surface area contributed by atoms with E-state index < -0.39 is 0 Å².